The maximum absolute atomic E-state index is 4.50. The van der Waals surface area contributed by atoms with Crippen LogP contribution in [0.3, 0.4) is 0 Å². The summed E-state index contributed by atoms with van der Waals surface area (Å²) in [5.74, 6) is 0.866. The maximum Gasteiger partial charge on any atom is 0.125 e. The van der Waals surface area contributed by atoms with Gasteiger partial charge in [-0.05, 0) is 13.8 Å². The number of fused-ring (bicyclic) bond motifs is 1. The molecule has 0 saturated heterocycles. The Bertz CT molecular complexity index is 560. The summed E-state index contributed by atoms with van der Waals surface area (Å²) >= 11 is 0. The fraction of sp³-hybridized carbons (Fsp3) is 0.462. The molecule has 5 nitrogen and oxygen atoms in total. The molecule has 0 spiro atoms. The van der Waals surface area contributed by atoms with Gasteiger partial charge in [-0.15, -0.1) is 0 Å². The molecule has 2 aromatic heterocycles. The van der Waals surface area contributed by atoms with Crippen LogP contribution >= 0.6 is 0 Å². The number of aromatic amines is 1. The van der Waals surface area contributed by atoms with Crippen LogP contribution < -0.4 is 0 Å². The van der Waals surface area contributed by atoms with Gasteiger partial charge >= 0.3 is 0 Å². The number of H-pyrrole nitrogens is 1. The first-order valence-corrected chi connectivity index (χ1v) is 6.25. The van der Waals surface area contributed by atoms with E-state index in [0.29, 0.717) is 0 Å². The number of hydrogen-bond acceptors (Lipinski definition) is 4. The number of imidazole rings is 1. The van der Waals surface area contributed by atoms with Crippen LogP contribution in [0.15, 0.2) is 12.5 Å². The Labute approximate surface area is 106 Å². The standard InChI is InChI=1S/C13H17N5/c1-9-13(16-8-15-9)7-18-4-3-12-11(6-18)5-14-10(2)17-12/h5,8H,3-4,6-7H2,1-2H3,(H,15,16). The van der Waals surface area contributed by atoms with Crippen molar-refractivity contribution in [1.82, 2.24) is 24.8 Å². The zero-order chi connectivity index (χ0) is 12.5. The highest BCUT2D eigenvalue weighted by Gasteiger charge is 2.19. The average molecular weight is 243 g/mol. The predicted octanol–water partition coefficient (Wildman–Crippen LogP) is 1.37. The number of nitrogens with one attached hydrogen (secondary N) is 1. The van der Waals surface area contributed by atoms with E-state index in [0.717, 1.165) is 43.3 Å². The number of aryl methyl sites for hydroxylation is 2. The Morgan fingerprint density at radius 1 is 1.33 bits per heavy atom. The van der Waals surface area contributed by atoms with Crippen molar-refractivity contribution in [3.05, 3.63) is 41.0 Å². The molecule has 0 unspecified atom stereocenters. The van der Waals surface area contributed by atoms with Crippen molar-refractivity contribution >= 4 is 0 Å². The quantitative estimate of drug-likeness (QED) is 0.865. The minimum absolute atomic E-state index is 0.866. The zero-order valence-electron chi connectivity index (χ0n) is 10.8. The monoisotopic (exact) mass is 243 g/mol. The maximum atomic E-state index is 4.50. The van der Waals surface area contributed by atoms with Gasteiger partial charge in [0.25, 0.3) is 0 Å². The third kappa shape index (κ3) is 2.13. The van der Waals surface area contributed by atoms with Gasteiger partial charge in [0.2, 0.25) is 0 Å². The Kier molecular flexibility index (Phi) is 2.83. The van der Waals surface area contributed by atoms with Crippen LogP contribution in [0.1, 0.15) is 28.5 Å². The largest absolute Gasteiger partial charge is 0.348 e. The number of aromatic nitrogens is 4. The van der Waals surface area contributed by atoms with Crippen molar-refractivity contribution < 1.29 is 0 Å². The van der Waals surface area contributed by atoms with Gasteiger partial charge in [0.05, 0.1) is 12.0 Å². The van der Waals surface area contributed by atoms with Gasteiger partial charge in [0.1, 0.15) is 5.82 Å². The van der Waals surface area contributed by atoms with E-state index in [1.165, 1.54) is 11.3 Å². The zero-order valence-corrected chi connectivity index (χ0v) is 10.8. The van der Waals surface area contributed by atoms with Crippen LogP contribution in [-0.4, -0.2) is 31.4 Å². The summed E-state index contributed by atoms with van der Waals surface area (Å²) in [4.78, 5) is 18.7. The van der Waals surface area contributed by atoms with Crippen molar-refractivity contribution in [3.8, 4) is 0 Å². The highest BCUT2D eigenvalue weighted by atomic mass is 15.1. The summed E-state index contributed by atoms with van der Waals surface area (Å²) in [6.45, 7) is 6.85. The molecule has 3 heterocycles. The molecule has 0 saturated carbocycles. The molecule has 0 amide bonds. The van der Waals surface area contributed by atoms with Crippen LogP contribution in [0.2, 0.25) is 0 Å². The van der Waals surface area contributed by atoms with Gasteiger partial charge in [0.15, 0.2) is 0 Å². The SMILES string of the molecule is Cc1ncc2c(n1)CCN(Cc1nc[nH]c1C)C2. The molecule has 0 bridgehead atoms. The molecule has 1 aliphatic rings. The highest BCUT2D eigenvalue weighted by molar-refractivity contribution is 5.21. The van der Waals surface area contributed by atoms with E-state index in [-0.39, 0.29) is 0 Å². The predicted molar refractivity (Wildman–Crippen MR) is 67.9 cm³/mol. The molecule has 5 heteroatoms. The van der Waals surface area contributed by atoms with Crippen LogP contribution in [0.25, 0.3) is 0 Å². The lowest BCUT2D eigenvalue weighted by Gasteiger charge is -2.27. The van der Waals surface area contributed by atoms with Crippen LogP contribution in [0, 0.1) is 13.8 Å². The second-order valence-electron chi connectivity index (χ2n) is 4.82. The molecule has 0 radical (unpaired) electrons. The molecule has 18 heavy (non-hydrogen) atoms. The van der Waals surface area contributed by atoms with Crippen molar-refractivity contribution in [3.63, 3.8) is 0 Å². The fourth-order valence-corrected chi connectivity index (χ4v) is 2.37. The Morgan fingerprint density at radius 2 is 2.22 bits per heavy atom. The number of rotatable bonds is 2. The van der Waals surface area contributed by atoms with Crippen molar-refractivity contribution in [2.24, 2.45) is 0 Å². The average Bonchev–Trinajstić information content (AvgIpc) is 2.75. The molecule has 0 aliphatic carbocycles. The summed E-state index contributed by atoms with van der Waals surface area (Å²) in [5, 5.41) is 0. The van der Waals surface area contributed by atoms with E-state index < -0.39 is 0 Å². The van der Waals surface area contributed by atoms with Gasteiger partial charge in [-0.25, -0.2) is 15.0 Å². The molecule has 1 aliphatic heterocycles. The molecular formula is C13H17N5. The first kappa shape index (κ1) is 11.3. The number of nitrogens with zero attached hydrogens (tertiary/aromatic N) is 4. The fourth-order valence-electron chi connectivity index (χ4n) is 2.37. The lowest BCUT2D eigenvalue weighted by Crippen LogP contribution is -2.31. The second-order valence-corrected chi connectivity index (χ2v) is 4.82. The van der Waals surface area contributed by atoms with Crippen molar-refractivity contribution in [2.45, 2.75) is 33.4 Å². The first-order valence-electron chi connectivity index (χ1n) is 6.25. The smallest absolute Gasteiger partial charge is 0.125 e. The summed E-state index contributed by atoms with van der Waals surface area (Å²) < 4.78 is 0. The molecule has 0 aromatic carbocycles. The summed E-state index contributed by atoms with van der Waals surface area (Å²) in [6.07, 6.45) is 4.72. The highest BCUT2D eigenvalue weighted by Crippen LogP contribution is 2.18. The van der Waals surface area contributed by atoms with Crippen molar-refractivity contribution in [2.75, 3.05) is 6.54 Å². The number of hydrogen-bond donors (Lipinski definition) is 1. The Morgan fingerprint density at radius 3 is 3.00 bits per heavy atom. The Balaban J connectivity index is 1.75. The van der Waals surface area contributed by atoms with Gasteiger partial charge in [-0.1, -0.05) is 0 Å². The van der Waals surface area contributed by atoms with E-state index in [1.807, 2.05) is 13.1 Å². The summed E-state index contributed by atoms with van der Waals surface area (Å²) in [5.41, 5.74) is 4.74. The minimum atomic E-state index is 0.866. The Hall–Kier alpha value is -1.75. The molecule has 1 N–H and O–H groups in total. The lowest BCUT2D eigenvalue weighted by atomic mass is 10.1. The van der Waals surface area contributed by atoms with E-state index >= 15 is 0 Å². The molecular weight excluding hydrogens is 226 g/mol. The first-order chi connectivity index (χ1) is 8.72. The van der Waals surface area contributed by atoms with Gasteiger partial charge in [0, 0.05) is 49.2 Å². The van der Waals surface area contributed by atoms with Crippen LogP contribution in [0.4, 0.5) is 0 Å². The van der Waals surface area contributed by atoms with E-state index in [2.05, 4.69) is 31.8 Å². The van der Waals surface area contributed by atoms with E-state index in [1.54, 1.807) is 6.33 Å². The molecule has 94 valence electrons. The third-order valence-corrected chi connectivity index (χ3v) is 3.44. The van der Waals surface area contributed by atoms with Crippen LogP contribution in [-0.2, 0) is 19.5 Å². The lowest BCUT2D eigenvalue weighted by molar-refractivity contribution is 0.239. The van der Waals surface area contributed by atoms with Crippen molar-refractivity contribution in [1.29, 1.82) is 0 Å². The molecule has 0 atom stereocenters. The van der Waals surface area contributed by atoms with Crippen LogP contribution in [0.5, 0.6) is 0 Å². The summed E-state index contributed by atoms with van der Waals surface area (Å²) in [6, 6.07) is 0. The second kappa shape index (κ2) is 4.49. The summed E-state index contributed by atoms with van der Waals surface area (Å²) in [7, 11) is 0. The van der Waals surface area contributed by atoms with Gasteiger partial charge in [-0.3, -0.25) is 4.90 Å². The normalized spacial score (nSPS) is 15.7. The molecule has 3 rings (SSSR count). The van der Waals surface area contributed by atoms with Gasteiger partial charge < -0.3 is 4.98 Å². The van der Waals surface area contributed by atoms with Gasteiger partial charge in [-0.2, -0.15) is 0 Å². The topological polar surface area (TPSA) is 57.7 Å². The minimum Gasteiger partial charge on any atom is -0.348 e. The van der Waals surface area contributed by atoms with E-state index in [9.17, 15) is 0 Å². The molecule has 0 fully saturated rings. The molecule has 2 aromatic rings. The van der Waals surface area contributed by atoms with E-state index in [4.69, 9.17) is 0 Å². The third-order valence-electron chi connectivity index (χ3n) is 3.44.